The second-order valence-corrected chi connectivity index (χ2v) is 7.79. The number of nitrogens with one attached hydrogen (secondary N) is 3. The molecule has 0 aliphatic heterocycles. The molecule has 7 heteroatoms. The van der Waals surface area contributed by atoms with Gasteiger partial charge in [0.2, 0.25) is 0 Å². The Morgan fingerprint density at radius 2 is 1.63 bits per heavy atom. The fourth-order valence-electron chi connectivity index (χ4n) is 2.95. The van der Waals surface area contributed by atoms with Gasteiger partial charge in [-0.25, -0.2) is 4.98 Å². The predicted octanol–water partition coefficient (Wildman–Crippen LogP) is 4.24. The third-order valence-electron chi connectivity index (χ3n) is 4.53. The molecule has 30 heavy (non-hydrogen) atoms. The van der Waals surface area contributed by atoms with Crippen molar-refractivity contribution >= 4 is 34.6 Å². The van der Waals surface area contributed by atoms with E-state index in [4.69, 9.17) is 0 Å². The van der Waals surface area contributed by atoms with E-state index in [2.05, 4.69) is 20.8 Å². The van der Waals surface area contributed by atoms with Crippen molar-refractivity contribution in [3.8, 4) is 0 Å². The second kappa shape index (κ2) is 8.84. The summed E-state index contributed by atoms with van der Waals surface area (Å²) in [5.41, 5.74) is 9.86. The molecule has 0 saturated carbocycles. The molecule has 0 radical (unpaired) electrons. The first-order chi connectivity index (χ1) is 14.6. The number of rotatable bonds is 5. The number of carbonyl (C=O) groups excluding carboxylic acids is 2. The summed E-state index contributed by atoms with van der Waals surface area (Å²) in [6.45, 7) is 1.91. The molecule has 150 valence electrons. The molecule has 3 N–H and O–H groups in total. The van der Waals surface area contributed by atoms with Gasteiger partial charge in [-0.3, -0.25) is 20.4 Å². The van der Waals surface area contributed by atoms with E-state index in [1.54, 1.807) is 42.1 Å². The van der Waals surface area contributed by atoms with Gasteiger partial charge in [0.1, 0.15) is 0 Å². The van der Waals surface area contributed by atoms with Crippen LogP contribution in [0.5, 0.6) is 0 Å². The summed E-state index contributed by atoms with van der Waals surface area (Å²) in [6.07, 6.45) is 0. The van der Waals surface area contributed by atoms with Crippen LogP contribution in [0.2, 0.25) is 0 Å². The van der Waals surface area contributed by atoms with Gasteiger partial charge in [-0.15, -0.1) is 0 Å². The van der Waals surface area contributed by atoms with Crippen LogP contribution in [0.15, 0.2) is 78.0 Å². The van der Waals surface area contributed by atoms with Gasteiger partial charge in [-0.05, 0) is 48.9 Å². The number of carbonyl (C=O) groups is 2. The van der Waals surface area contributed by atoms with Crippen LogP contribution in [-0.4, -0.2) is 21.8 Å². The minimum Gasteiger partial charge on any atom is -0.333 e. The first-order valence-corrected chi connectivity index (χ1v) is 10.4. The van der Waals surface area contributed by atoms with Crippen LogP contribution in [0, 0.1) is 6.92 Å². The molecule has 4 rings (SSSR count). The van der Waals surface area contributed by atoms with Crippen molar-refractivity contribution < 1.29 is 9.59 Å². The topological polar surface area (TPSA) is 86.9 Å². The molecule has 2 amide bonds. The van der Waals surface area contributed by atoms with Crippen LogP contribution in [-0.2, 0) is 5.75 Å². The molecule has 0 unspecified atom stereocenters. The van der Waals surface area contributed by atoms with Gasteiger partial charge in [-0.2, -0.15) is 0 Å². The highest BCUT2D eigenvalue weighted by Gasteiger charge is 2.10. The lowest BCUT2D eigenvalue weighted by Crippen LogP contribution is -2.41. The van der Waals surface area contributed by atoms with E-state index < -0.39 is 0 Å². The minimum absolute atomic E-state index is 0.356. The Bertz CT molecular complexity index is 1170. The van der Waals surface area contributed by atoms with Crippen molar-refractivity contribution in [1.29, 1.82) is 0 Å². The van der Waals surface area contributed by atoms with Crippen molar-refractivity contribution in [1.82, 2.24) is 20.8 Å². The Morgan fingerprint density at radius 3 is 2.37 bits per heavy atom. The summed E-state index contributed by atoms with van der Waals surface area (Å²) in [6, 6.07) is 22.3. The number of imidazole rings is 1. The first kappa shape index (κ1) is 19.7. The molecule has 0 saturated heterocycles. The molecule has 0 spiro atoms. The summed E-state index contributed by atoms with van der Waals surface area (Å²) in [5, 5.41) is 0.858. The number of H-pyrrole nitrogens is 1. The zero-order valence-electron chi connectivity index (χ0n) is 16.3. The van der Waals surface area contributed by atoms with Crippen molar-refractivity contribution in [2.24, 2.45) is 0 Å². The summed E-state index contributed by atoms with van der Waals surface area (Å²) >= 11 is 1.60. The lowest BCUT2D eigenvalue weighted by molar-refractivity contribution is 0.0846. The summed E-state index contributed by atoms with van der Waals surface area (Å²) in [7, 11) is 0. The number of aromatic amines is 1. The number of aromatic nitrogens is 2. The van der Waals surface area contributed by atoms with E-state index in [0.29, 0.717) is 11.1 Å². The highest BCUT2D eigenvalue weighted by atomic mass is 32.2. The van der Waals surface area contributed by atoms with Crippen molar-refractivity contribution in [2.45, 2.75) is 17.8 Å². The fraction of sp³-hybridized carbons (Fsp3) is 0.0870. The third-order valence-corrected chi connectivity index (χ3v) is 5.47. The smallest absolute Gasteiger partial charge is 0.269 e. The molecule has 0 aliphatic rings. The van der Waals surface area contributed by atoms with Crippen molar-refractivity contribution in [2.75, 3.05) is 0 Å². The SMILES string of the molecule is Cc1cccc(C(=O)NNC(=O)c2ccc(CSc3nc4ccccc4[nH]3)cc2)c1. The Morgan fingerprint density at radius 1 is 0.900 bits per heavy atom. The number of hydrazine groups is 1. The molecule has 0 aliphatic carbocycles. The maximum atomic E-state index is 12.3. The third kappa shape index (κ3) is 4.69. The zero-order valence-corrected chi connectivity index (χ0v) is 17.1. The van der Waals surface area contributed by atoms with Gasteiger partial charge in [0.25, 0.3) is 11.8 Å². The monoisotopic (exact) mass is 416 g/mol. The highest BCUT2D eigenvalue weighted by molar-refractivity contribution is 7.98. The summed E-state index contributed by atoms with van der Waals surface area (Å²) in [4.78, 5) is 32.3. The number of hydrogen-bond acceptors (Lipinski definition) is 4. The molecule has 6 nitrogen and oxygen atoms in total. The fourth-order valence-corrected chi connectivity index (χ4v) is 3.79. The largest absolute Gasteiger partial charge is 0.333 e. The van der Waals surface area contributed by atoms with E-state index in [0.717, 1.165) is 33.1 Å². The standard InChI is InChI=1S/C23H20N4O2S/c1-15-5-4-6-18(13-15)22(29)27-26-21(28)17-11-9-16(10-12-17)14-30-23-24-19-7-2-3-8-20(19)25-23/h2-13H,14H2,1H3,(H,24,25)(H,26,28)(H,27,29). The molecular weight excluding hydrogens is 396 g/mol. The van der Waals surface area contributed by atoms with Crippen LogP contribution >= 0.6 is 11.8 Å². The van der Waals surface area contributed by atoms with Gasteiger partial charge < -0.3 is 4.98 Å². The van der Waals surface area contributed by atoms with E-state index in [1.165, 1.54) is 0 Å². The lowest BCUT2D eigenvalue weighted by atomic mass is 10.1. The second-order valence-electron chi connectivity index (χ2n) is 6.82. The number of fused-ring (bicyclic) bond motifs is 1. The van der Waals surface area contributed by atoms with Gasteiger partial charge in [0.15, 0.2) is 5.16 Å². The zero-order chi connectivity index (χ0) is 20.9. The Balaban J connectivity index is 1.31. The van der Waals surface area contributed by atoms with Gasteiger partial charge >= 0.3 is 0 Å². The number of amides is 2. The van der Waals surface area contributed by atoms with E-state index in [1.807, 2.05) is 49.4 Å². The molecule has 3 aromatic carbocycles. The highest BCUT2D eigenvalue weighted by Crippen LogP contribution is 2.23. The van der Waals surface area contributed by atoms with Gasteiger partial charge in [0.05, 0.1) is 11.0 Å². The number of aryl methyl sites for hydroxylation is 1. The van der Waals surface area contributed by atoms with Crippen LogP contribution in [0.4, 0.5) is 0 Å². The maximum Gasteiger partial charge on any atom is 0.269 e. The first-order valence-electron chi connectivity index (χ1n) is 9.42. The maximum absolute atomic E-state index is 12.3. The Labute approximate surface area is 178 Å². The predicted molar refractivity (Wildman–Crippen MR) is 118 cm³/mol. The summed E-state index contributed by atoms with van der Waals surface area (Å²) < 4.78 is 0. The number of nitrogens with zero attached hydrogens (tertiary/aromatic N) is 1. The normalized spacial score (nSPS) is 10.7. The summed E-state index contributed by atoms with van der Waals surface area (Å²) in [5.74, 6) is 0.00428. The number of para-hydroxylation sites is 2. The number of hydrogen-bond donors (Lipinski definition) is 3. The molecule has 0 atom stereocenters. The Hall–Kier alpha value is -3.58. The number of benzene rings is 3. The molecule has 4 aromatic rings. The van der Waals surface area contributed by atoms with Crippen molar-refractivity contribution in [3.63, 3.8) is 0 Å². The van der Waals surface area contributed by atoms with E-state index >= 15 is 0 Å². The average molecular weight is 417 g/mol. The van der Waals surface area contributed by atoms with Crippen LogP contribution in [0.3, 0.4) is 0 Å². The molecule has 1 aromatic heterocycles. The lowest BCUT2D eigenvalue weighted by Gasteiger charge is -2.08. The van der Waals surface area contributed by atoms with Gasteiger partial charge in [0, 0.05) is 16.9 Å². The van der Waals surface area contributed by atoms with E-state index in [-0.39, 0.29) is 11.8 Å². The quantitative estimate of drug-likeness (QED) is 0.335. The molecular formula is C23H20N4O2S. The van der Waals surface area contributed by atoms with Gasteiger partial charge in [-0.1, -0.05) is 53.7 Å². The minimum atomic E-state index is -0.368. The van der Waals surface area contributed by atoms with E-state index in [9.17, 15) is 9.59 Å². The molecule has 1 heterocycles. The average Bonchev–Trinajstić information content (AvgIpc) is 3.19. The van der Waals surface area contributed by atoms with Crippen molar-refractivity contribution in [3.05, 3.63) is 95.1 Å². The van der Waals surface area contributed by atoms with Crippen LogP contribution < -0.4 is 10.9 Å². The Kier molecular flexibility index (Phi) is 5.81. The number of thioether (sulfide) groups is 1. The van der Waals surface area contributed by atoms with Crippen LogP contribution in [0.25, 0.3) is 11.0 Å². The molecule has 0 bridgehead atoms. The molecule has 0 fully saturated rings. The van der Waals surface area contributed by atoms with Crippen LogP contribution in [0.1, 0.15) is 31.8 Å².